The van der Waals surface area contributed by atoms with Gasteiger partial charge in [0, 0.05) is 12.2 Å². The number of H-pyrrole nitrogens is 1. The van der Waals surface area contributed by atoms with Crippen molar-refractivity contribution in [2.24, 2.45) is 0 Å². The minimum absolute atomic E-state index is 0.140. The number of rotatable bonds is 5. The third-order valence-corrected chi connectivity index (χ3v) is 3.36. The molecule has 2 rings (SSSR count). The smallest absolute Gasteiger partial charge is 0.284 e. The Labute approximate surface area is 129 Å². The standard InChI is InChI=1S/C15H21N3O2S/c1-15(2,3)10-4-6-11(7-5-10)16-9-12(19)8-13-17-18-14(21)20-13/h4-7,12,16,19H,8-9H2,1-3H3,(H,18,21). The van der Waals surface area contributed by atoms with Crippen molar-refractivity contribution in [3.8, 4) is 0 Å². The van der Waals surface area contributed by atoms with Gasteiger partial charge < -0.3 is 14.8 Å². The van der Waals surface area contributed by atoms with Crippen molar-refractivity contribution in [1.82, 2.24) is 10.2 Å². The van der Waals surface area contributed by atoms with Crippen molar-refractivity contribution in [1.29, 1.82) is 0 Å². The molecular weight excluding hydrogens is 286 g/mol. The Balaban J connectivity index is 1.86. The monoisotopic (exact) mass is 307 g/mol. The summed E-state index contributed by atoms with van der Waals surface area (Å²) in [7, 11) is 0. The number of aliphatic hydroxyl groups excluding tert-OH is 1. The highest BCUT2D eigenvalue weighted by atomic mass is 32.1. The fraction of sp³-hybridized carbons (Fsp3) is 0.467. The van der Waals surface area contributed by atoms with Crippen LogP contribution in [0.4, 0.5) is 5.69 Å². The minimum Gasteiger partial charge on any atom is -0.414 e. The van der Waals surface area contributed by atoms with Gasteiger partial charge in [-0.05, 0) is 35.3 Å². The lowest BCUT2D eigenvalue weighted by Gasteiger charge is -2.19. The second kappa shape index (κ2) is 6.41. The highest BCUT2D eigenvalue weighted by Crippen LogP contribution is 2.23. The largest absolute Gasteiger partial charge is 0.414 e. The van der Waals surface area contributed by atoms with Gasteiger partial charge in [-0.1, -0.05) is 32.9 Å². The summed E-state index contributed by atoms with van der Waals surface area (Å²) in [6, 6.07) is 8.24. The van der Waals surface area contributed by atoms with Gasteiger partial charge in [0.2, 0.25) is 5.89 Å². The molecular formula is C15H21N3O2S. The summed E-state index contributed by atoms with van der Waals surface area (Å²) in [5.41, 5.74) is 2.40. The van der Waals surface area contributed by atoms with Gasteiger partial charge in [-0.2, -0.15) is 0 Å². The maximum absolute atomic E-state index is 9.95. The zero-order chi connectivity index (χ0) is 15.5. The van der Waals surface area contributed by atoms with Crippen LogP contribution in [-0.2, 0) is 11.8 Å². The third kappa shape index (κ3) is 4.68. The molecule has 0 radical (unpaired) electrons. The summed E-state index contributed by atoms with van der Waals surface area (Å²) in [6.45, 7) is 6.96. The Hall–Kier alpha value is -1.66. The Bertz CT molecular complexity index is 625. The normalized spacial score (nSPS) is 13.1. The lowest BCUT2D eigenvalue weighted by Crippen LogP contribution is -2.22. The zero-order valence-electron chi connectivity index (χ0n) is 12.5. The molecule has 3 N–H and O–H groups in total. The van der Waals surface area contributed by atoms with E-state index in [0.29, 0.717) is 18.9 Å². The molecule has 1 aromatic heterocycles. The molecule has 6 heteroatoms. The van der Waals surface area contributed by atoms with E-state index in [1.807, 2.05) is 12.1 Å². The summed E-state index contributed by atoms with van der Waals surface area (Å²) >= 11 is 4.79. The third-order valence-electron chi connectivity index (χ3n) is 3.19. The van der Waals surface area contributed by atoms with E-state index in [4.69, 9.17) is 16.6 Å². The fourth-order valence-corrected chi connectivity index (χ4v) is 2.09. The van der Waals surface area contributed by atoms with E-state index < -0.39 is 6.10 Å². The number of nitrogens with zero attached hydrogens (tertiary/aromatic N) is 1. The average molecular weight is 307 g/mol. The van der Waals surface area contributed by atoms with Crippen molar-refractivity contribution in [2.75, 3.05) is 11.9 Å². The molecule has 1 unspecified atom stereocenters. The first-order valence-electron chi connectivity index (χ1n) is 6.91. The van der Waals surface area contributed by atoms with E-state index in [9.17, 15) is 5.11 Å². The fourth-order valence-electron chi connectivity index (χ4n) is 1.95. The molecule has 1 aromatic carbocycles. The summed E-state index contributed by atoms with van der Waals surface area (Å²) in [5.74, 6) is 0.414. The topological polar surface area (TPSA) is 74.1 Å². The molecule has 0 aliphatic heterocycles. The predicted molar refractivity (Wildman–Crippen MR) is 85.0 cm³/mol. The first kappa shape index (κ1) is 15.7. The Kier molecular flexibility index (Phi) is 4.80. The Morgan fingerprint density at radius 2 is 2.00 bits per heavy atom. The number of benzene rings is 1. The van der Waals surface area contributed by atoms with Crippen molar-refractivity contribution in [2.45, 2.75) is 38.7 Å². The Morgan fingerprint density at radius 3 is 2.52 bits per heavy atom. The SMILES string of the molecule is CC(C)(C)c1ccc(NCC(O)Cc2n[nH]c(=S)o2)cc1. The lowest BCUT2D eigenvalue weighted by molar-refractivity contribution is 0.178. The van der Waals surface area contributed by atoms with Crippen LogP contribution in [0, 0.1) is 4.84 Å². The number of hydrogen-bond donors (Lipinski definition) is 3. The summed E-state index contributed by atoms with van der Waals surface area (Å²) in [5, 5.41) is 19.5. The summed E-state index contributed by atoms with van der Waals surface area (Å²) in [4.78, 5) is 0.225. The summed E-state index contributed by atoms with van der Waals surface area (Å²) < 4.78 is 5.12. The van der Waals surface area contributed by atoms with Crippen molar-refractivity contribution in [3.05, 3.63) is 40.6 Å². The van der Waals surface area contributed by atoms with Crippen LogP contribution in [0.25, 0.3) is 0 Å². The number of hydrogen-bond acceptors (Lipinski definition) is 5. The molecule has 2 aromatic rings. The average Bonchev–Trinajstić information content (AvgIpc) is 2.81. The highest BCUT2D eigenvalue weighted by molar-refractivity contribution is 7.71. The molecule has 0 aliphatic carbocycles. The van der Waals surface area contributed by atoms with Crippen LogP contribution in [0.1, 0.15) is 32.2 Å². The van der Waals surface area contributed by atoms with Crippen molar-refractivity contribution < 1.29 is 9.52 Å². The molecule has 5 nitrogen and oxygen atoms in total. The lowest BCUT2D eigenvalue weighted by atomic mass is 9.87. The molecule has 1 atom stereocenters. The van der Waals surface area contributed by atoms with Gasteiger partial charge >= 0.3 is 0 Å². The zero-order valence-corrected chi connectivity index (χ0v) is 13.3. The van der Waals surface area contributed by atoms with Gasteiger partial charge in [0.25, 0.3) is 4.84 Å². The van der Waals surface area contributed by atoms with Gasteiger partial charge in [-0.25, -0.2) is 5.10 Å². The number of anilines is 1. The van der Waals surface area contributed by atoms with E-state index >= 15 is 0 Å². The second-order valence-electron chi connectivity index (χ2n) is 6.07. The molecule has 0 saturated carbocycles. The molecule has 0 fully saturated rings. The van der Waals surface area contributed by atoms with Gasteiger partial charge in [-0.15, -0.1) is 5.10 Å². The predicted octanol–water partition coefficient (Wildman–Crippen LogP) is 3.05. The first-order chi connectivity index (χ1) is 9.84. The van der Waals surface area contributed by atoms with Crippen LogP contribution >= 0.6 is 12.2 Å². The van der Waals surface area contributed by atoms with Crippen molar-refractivity contribution >= 4 is 17.9 Å². The second-order valence-corrected chi connectivity index (χ2v) is 6.44. The number of aliphatic hydroxyl groups is 1. The number of nitrogens with one attached hydrogen (secondary N) is 2. The van der Waals surface area contributed by atoms with Crippen LogP contribution in [-0.4, -0.2) is 28.0 Å². The van der Waals surface area contributed by atoms with E-state index in [-0.39, 0.29) is 10.3 Å². The highest BCUT2D eigenvalue weighted by Gasteiger charge is 2.13. The summed E-state index contributed by atoms with van der Waals surface area (Å²) in [6.07, 6.45) is -0.269. The van der Waals surface area contributed by atoms with E-state index in [1.54, 1.807) is 0 Å². The van der Waals surface area contributed by atoms with Crippen molar-refractivity contribution in [3.63, 3.8) is 0 Å². The quantitative estimate of drug-likeness (QED) is 0.740. The van der Waals surface area contributed by atoms with Gasteiger partial charge in [0.15, 0.2) is 0 Å². The maximum atomic E-state index is 9.95. The molecule has 0 bridgehead atoms. The minimum atomic E-state index is -0.589. The van der Waals surface area contributed by atoms with Gasteiger partial charge in [0.05, 0.1) is 12.5 Å². The van der Waals surface area contributed by atoms with E-state index in [0.717, 1.165) is 5.69 Å². The van der Waals surface area contributed by atoms with Crippen LogP contribution in [0.15, 0.2) is 28.7 Å². The van der Waals surface area contributed by atoms with Gasteiger partial charge in [-0.3, -0.25) is 0 Å². The number of aromatic amines is 1. The van der Waals surface area contributed by atoms with E-state index in [1.165, 1.54) is 5.56 Å². The Morgan fingerprint density at radius 1 is 1.33 bits per heavy atom. The molecule has 21 heavy (non-hydrogen) atoms. The first-order valence-corrected chi connectivity index (χ1v) is 7.32. The van der Waals surface area contributed by atoms with Crippen LogP contribution < -0.4 is 5.32 Å². The molecule has 114 valence electrons. The van der Waals surface area contributed by atoms with Crippen LogP contribution in [0.5, 0.6) is 0 Å². The van der Waals surface area contributed by atoms with Crippen LogP contribution in [0.2, 0.25) is 0 Å². The van der Waals surface area contributed by atoms with E-state index in [2.05, 4.69) is 48.4 Å². The van der Waals surface area contributed by atoms with Gasteiger partial charge in [0.1, 0.15) is 0 Å². The molecule has 0 spiro atoms. The molecule has 0 amide bonds. The molecule has 0 saturated heterocycles. The maximum Gasteiger partial charge on any atom is 0.284 e. The molecule has 0 aliphatic rings. The van der Waals surface area contributed by atoms with Crippen LogP contribution in [0.3, 0.4) is 0 Å². The number of aromatic nitrogens is 2. The molecule has 1 heterocycles.